The van der Waals surface area contributed by atoms with Crippen LogP contribution in [0.15, 0.2) is 30.6 Å². The summed E-state index contributed by atoms with van der Waals surface area (Å²) in [7, 11) is 1.95. The molecule has 20 heavy (non-hydrogen) atoms. The molecule has 2 aromatic rings. The lowest BCUT2D eigenvalue weighted by atomic mass is 10.2. The van der Waals surface area contributed by atoms with Crippen molar-refractivity contribution in [2.24, 2.45) is 7.05 Å². The maximum absolute atomic E-state index is 5.72. The number of hydrogen-bond acceptors (Lipinski definition) is 4. The van der Waals surface area contributed by atoms with Crippen molar-refractivity contribution in [3.63, 3.8) is 0 Å². The van der Waals surface area contributed by atoms with Crippen molar-refractivity contribution in [1.82, 2.24) is 20.1 Å². The number of rotatable bonds is 6. The molecule has 0 saturated heterocycles. The summed E-state index contributed by atoms with van der Waals surface area (Å²) in [6, 6.07) is 6.20. The van der Waals surface area contributed by atoms with Crippen LogP contribution in [-0.4, -0.2) is 20.9 Å². The Morgan fingerprint density at radius 1 is 1.25 bits per heavy atom. The van der Waals surface area contributed by atoms with Gasteiger partial charge < -0.3 is 10.1 Å². The molecule has 0 bridgehead atoms. The lowest BCUT2D eigenvalue weighted by molar-refractivity contribution is 0.229. The van der Waals surface area contributed by atoms with Crippen LogP contribution in [0, 0.1) is 0 Å². The number of nitrogens with zero attached hydrogens (tertiary/aromatic N) is 3. The monoisotopic (exact) mass is 274 g/mol. The Bertz CT molecular complexity index is 550. The maximum Gasteiger partial charge on any atom is 0.218 e. The second-order valence-electron chi connectivity index (χ2n) is 5.12. The lowest BCUT2D eigenvalue weighted by Crippen LogP contribution is -2.21. The van der Waals surface area contributed by atoms with E-state index in [-0.39, 0.29) is 12.1 Å². The Kier molecular flexibility index (Phi) is 4.74. The molecule has 0 radical (unpaired) electrons. The van der Waals surface area contributed by atoms with Gasteiger partial charge in [-0.25, -0.2) is 4.98 Å². The highest BCUT2D eigenvalue weighted by Crippen LogP contribution is 2.18. The average Bonchev–Trinajstić information content (AvgIpc) is 2.83. The van der Waals surface area contributed by atoms with Gasteiger partial charge in [-0.2, -0.15) is 5.10 Å². The molecule has 1 unspecified atom stereocenters. The van der Waals surface area contributed by atoms with E-state index in [4.69, 9.17) is 4.74 Å². The zero-order valence-corrected chi connectivity index (χ0v) is 12.5. The van der Waals surface area contributed by atoms with E-state index < -0.39 is 0 Å². The van der Waals surface area contributed by atoms with Gasteiger partial charge in [-0.3, -0.25) is 4.68 Å². The highest BCUT2D eigenvalue weighted by molar-refractivity contribution is 5.25. The molecule has 0 saturated carbocycles. The van der Waals surface area contributed by atoms with E-state index in [1.807, 2.05) is 50.0 Å². The molecular weight excluding hydrogens is 252 g/mol. The molecule has 5 heteroatoms. The van der Waals surface area contributed by atoms with Gasteiger partial charge in [-0.15, -0.1) is 0 Å². The summed E-state index contributed by atoms with van der Waals surface area (Å²) in [6.45, 7) is 6.84. The molecule has 2 heterocycles. The van der Waals surface area contributed by atoms with Gasteiger partial charge in [0, 0.05) is 37.6 Å². The van der Waals surface area contributed by atoms with Crippen molar-refractivity contribution < 1.29 is 4.74 Å². The predicted molar refractivity (Wildman–Crippen MR) is 78.5 cm³/mol. The van der Waals surface area contributed by atoms with E-state index in [0.29, 0.717) is 12.4 Å². The van der Waals surface area contributed by atoms with Gasteiger partial charge in [0.2, 0.25) is 5.88 Å². The molecule has 2 rings (SSSR count). The molecule has 0 spiro atoms. The predicted octanol–water partition coefficient (Wildman–Crippen LogP) is 2.45. The average molecular weight is 274 g/mol. The molecule has 0 aliphatic carbocycles. The highest BCUT2D eigenvalue weighted by Gasteiger charge is 2.11. The van der Waals surface area contributed by atoms with Crippen LogP contribution in [0.1, 0.15) is 38.1 Å². The lowest BCUT2D eigenvalue weighted by Gasteiger charge is -2.16. The standard InChI is InChI=1S/C15H22N4O/c1-11(2)20-15-13(6-5-8-16-15)10-17-12(3)14-7-9-18-19(14)4/h5-9,11-12,17H,10H2,1-4H3. The Morgan fingerprint density at radius 2 is 2.05 bits per heavy atom. The van der Waals surface area contributed by atoms with Gasteiger partial charge in [0.25, 0.3) is 0 Å². The molecule has 1 atom stereocenters. The van der Waals surface area contributed by atoms with Crippen molar-refractivity contribution in [2.45, 2.75) is 39.5 Å². The maximum atomic E-state index is 5.72. The summed E-state index contributed by atoms with van der Waals surface area (Å²) in [5, 5.41) is 7.66. The van der Waals surface area contributed by atoms with Crippen LogP contribution in [-0.2, 0) is 13.6 Å². The molecule has 0 aliphatic rings. The van der Waals surface area contributed by atoms with Gasteiger partial charge in [-0.1, -0.05) is 6.07 Å². The van der Waals surface area contributed by atoms with E-state index in [2.05, 4.69) is 22.3 Å². The normalized spacial score (nSPS) is 12.7. The number of ether oxygens (including phenoxy) is 1. The first kappa shape index (κ1) is 14.5. The Labute approximate surface area is 120 Å². The third-order valence-corrected chi connectivity index (χ3v) is 3.10. The van der Waals surface area contributed by atoms with Gasteiger partial charge in [0.05, 0.1) is 11.8 Å². The van der Waals surface area contributed by atoms with Crippen LogP contribution in [0.3, 0.4) is 0 Å². The minimum atomic E-state index is 0.123. The second kappa shape index (κ2) is 6.52. The zero-order chi connectivity index (χ0) is 14.5. The number of hydrogen-bond donors (Lipinski definition) is 1. The minimum absolute atomic E-state index is 0.123. The van der Waals surface area contributed by atoms with E-state index in [9.17, 15) is 0 Å². The number of aromatic nitrogens is 3. The summed E-state index contributed by atoms with van der Waals surface area (Å²) >= 11 is 0. The molecule has 2 aromatic heterocycles. The van der Waals surface area contributed by atoms with Gasteiger partial charge in [0.1, 0.15) is 0 Å². The van der Waals surface area contributed by atoms with Crippen molar-refractivity contribution in [3.05, 3.63) is 41.9 Å². The summed E-state index contributed by atoms with van der Waals surface area (Å²) in [5.41, 5.74) is 2.22. The van der Waals surface area contributed by atoms with Crippen LogP contribution in [0.25, 0.3) is 0 Å². The largest absolute Gasteiger partial charge is 0.475 e. The highest BCUT2D eigenvalue weighted by atomic mass is 16.5. The molecular formula is C15H22N4O. The number of nitrogens with one attached hydrogen (secondary N) is 1. The van der Waals surface area contributed by atoms with Crippen LogP contribution in [0.5, 0.6) is 5.88 Å². The molecule has 1 N–H and O–H groups in total. The first-order valence-corrected chi connectivity index (χ1v) is 6.89. The van der Waals surface area contributed by atoms with Crippen LogP contribution >= 0.6 is 0 Å². The third kappa shape index (κ3) is 3.57. The molecule has 0 fully saturated rings. The fourth-order valence-electron chi connectivity index (χ4n) is 2.06. The van der Waals surface area contributed by atoms with Gasteiger partial charge in [0.15, 0.2) is 0 Å². The zero-order valence-electron chi connectivity index (χ0n) is 12.5. The van der Waals surface area contributed by atoms with E-state index in [1.165, 1.54) is 0 Å². The summed E-state index contributed by atoms with van der Waals surface area (Å²) in [4.78, 5) is 4.30. The van der Waals surface area contributed by atoms with Gasteiger partial charge in [-0.05, 0) is 32.9 Å². The Morgan fingerprint density at radius 3 is 2.70 bits per heavy atom. The SMILES string of the molecule is CC(C)Oc1ncccc1CNC(C)c1ccnn1C. The topological polar surface area (TPSA) is 52.0 Å². The first-order chi connectivity index (χ1) is 9.58. The number of aryl methyl sites for hydroxylation is 1. The van der Waals surface area contributed by atoms with Gasteiger partial charge >= 0.3 is 0 Å². The number of pyridine rings is 1. The van der Waals surface area contributed by atoms with Crippen LogP contribution < -0.4 is 10.1 Å². The van der Waals surface area contributed by atoms with E-state index in [1.54, 1.807) is 6.20 Å². The van der Waals surface area contributed by atoms with E-state index in [0.717, 1.165) is 11.3 Å². The molecule has 108 valence electrons. The smallest absolute Gasteiger partial charge is 0.218 e. The van der Waals surface area contributed by atoms with Crippen molar-refractivity contribution in [1.29, 1.82) is 0 Å². The fraction of sp³-hybridized carbons (Fsp3) is 0.467. The summed E-state index contributed by atoms with van der Waals surface area (Å²) in [6.07, 6.45) is 3.69. The van der Waals surface area contributed by atoms with Crippen molar-refractivity contribution in [2.75, 3.05) is 0 Å². The van der Waals surface area contributed by atoms with Crippen LogP contribution in [0.2, 0.25) is 0 Å². The third-order valence-electron chi connectivity index (χ3n) is 3.10. The summed E-state index contributed by atoms with van der Waals surface area (Å²) < 4.78 is 7.60. The summed E-state index contributed by atoms with van der Waals surface area (Å²) in [5.74, 6) is 0.701. The minimum Gasteiger partial charge on any atom is -0.475 e. The molecule has 0 aromatic carbocycles. The Hall–Kier alpha value is -1.88. The Balaban J connectivity index is 2.02. The van der Waals surface area contributed by atoms with Crippen molar-refractivity contribution in [3.8, 4) is 5.88 Å². The van der Waals surface area contributed by atoms with Crippen molar-refractivity contribution >= 4 is 0 Å². The second-order valence-corrected chi connectivity index (χ2v) is 5.12. The first-order valence-electron chi connectivity index (χ1n) is 6.89. The van der Waals surface area contributed by atoms with E-state index >= 15 is 0 Å². The quantitative estimate of drug-likeness (QED) is 0.879. The molecule has 5 nitrogen and oxygen atoms in total. The van der Waals surface area contributed by atoms with Crippen LogP contribution in [0.4, 0.5) is 0 Å². The fourth-order valence-corrected chi connectivity index (χ4v) is 2.06. The molecule has 0 amide bonds. The molecule has 0 aliphatic heterocycles.